The van der Waals surface area contributed by atoms with Crippen LogP contribution in [0.5, 0.6) is 0 Å². The fourth-order valence-electron chi connectivity index (χ4n) is 3.09. The van der Waals surface area contributed by atoms with Crippen molar-refractivity contribution in [2.24, 2.45) is 0 Å². The molecule has 3 rings (SSSR count). The Hall–Kier alpha value is -2.81. The number of amides is 1. The third-order valence-corrected chi connectivity index (χ3v) is 5.37. The van der Waals surface area contributed by atoms with E-state index in [1.165, 1.54) is 17.4 Å². The van der Waals surface area contributed by atoms with Gasteiger partial charge in [-0.25, -0.2) is 9.78 Å². The SMILES string of the molecule is Cc1csc(C2CCCCN2C(=O)c2cc(C(=O)O)cc([N+](=O)[O-])c2)n1. The number of aromatic carboxylic acids is 1. The lowest BCUT2D eigenvalue weighted by molar-refractivity contribution is -0.384. The lowest BCUT2D eigenvalue weighted by atomic mass is 10.00. The van der Waals surface area contributed by atoms with E-state index in [0.29, 0.717) is 6.54 Å². The van der Waals surface area contributed by atoms with Crippen molar-refractivity contribution in [3.63, 3.8) is 0 Å². The van der Waals surface area contributed by atoms with Crippen LogP contribution in [0, 0.1) is 17.0 Å². The van der Waals surface area contributed by atoms with E-state index in [1.807, 2.05) is 12.3 Å². The highest BCUT2D eigenvalue weighted by molar-refractivity contribution is 7.09. The second-order valence-corrected chi connectivity index (χ2v) is 7.06. The van der Waals surface area contributed by atoms with Crippen LogP contribution in [0.15, 0.2) is 23.6 Å². The van der Waals surface area contributed by atoms with Crippen molar-refractivity contribution in [2.75, 3.05) is 6.54 Å². The molecule has 9 heteroatoms. The van der Waals surface area contributed by atoms with E-state index in [0.717, 1.165) is 42.1 Å². The van der Waals surface area contributed by atoms with Gasteiger partial charge in [-0.3, -0.25) is 14.9 Å². The average Bonchev–Trinajstić information content (AvgIpc) is 3.06. The van der Waals surface area contributed by atoms with Crippen LogP contribution in [0.3, 0.4) is 0 Å². The zero-order valence-corrected chi connectivity index (χ0v) is 14.9. The first-order valence-electron chi connectivity index (χ1n) is 8.12. The molecule has 1 aromatic carbocycles. The van der Waals surface area contributed by atoms with Gasteiger partial charge in [0, 0.05) is 35.3 Å². The largest absolute Gasteiger partial charge is 0.478 e. The van der Waals surface area contributed by atoms with Gasteiger partial charge in [-0.1, -0.05) is 0 Å². The molecule has 8 nitrogen and oxygen atoms in total. The number of carbonyl (C=O) groups is 2. The molecule has 0 aliphatic carbocycles. The zero-order chi connectivity index (χ0) is 18.8. The van der Waals surface area contributed by atoms with Gasteiger partial charge in [0.25, 0.3) is 11.6 Å². The van der Waals surface area contributed by atoms with E-state index in [-0.39, 0.29) is 17.2 Å². The van der Waals surface area contributed by atoms with Gasteiger partial charge in [-0.05, 0) is 32.3 Å². The minimum Gasteiger partial charge on any atom is -0.478 e. The lowest BCUT2D eigenvalue weighted by Gasteiger charge is -2.34. The van der Waals surface area contributed by atoms with Crippen LogP contribution in [0.25, 0.3) is 0 Å². The fourth-order valence-corrected chi connectivity index (χ4v) is 4.03. The number of benzene rings is 1. The maximum Gasteiger partial charge on any atom is 0.335 e. The molecule has 0 spiro atoms. The lowest BCUT2D eigenvalue weighted by Crippen LogP contribution is -2.38. The first-order chi connectivity index (χ1) is 12.4. The molecule has 1 aliphatic rings. The van der Waals surface area contributed by atoms with Gasteiger partial charge in [0.1, 0.15) is 5.01 Å². The zero-order valence-electron chi connectivity index (χ0n) is 14.0. The third kappa shape index (κ3) is 3.57. The van der Waals surface area contributed by atoms with Crippen LogP contribution in [-0.4, -0.2) is 38.3 Å². The summed E-state index contributed by atoms with van der Waals surface area (Å²) in [6.07, 6.45) is 2.55. The van der Waals surface area contributed by atoms with E-state index in [1.54, 1.807) is 4.90 Å². The number of carboxylic acids is 1. The van der Waals surface area contributed by atoms with Gasteiger partial charge in [0.2, 0.25) is 0 Å². The van der Waals surface area contributed by atoms with E-state index in [9.17, 15) is 24.8 Å². The highest BCUT2D eigenvalue weighted by atomic mass is 32.1. The predicted octanol–water partition coefficient (Wildman–Crippen LogP) is 3.43. The number of likely N-dealkylation sites (tertiary alicyclic amines) is 1. The van der Waals surface area contributed by atoms with Gasteiger partial charge >= 0.3 is 5.97 Å². The monoisotopic (exact) mass is 375 g/mol. The van der Waals surface area contributed by atoms with Gasteiger partial charge < -0.3 is 10.0 Å². The molecular weight excluding hydrogens is 358 g/mol. The molecule has 136 valence electrons. The maximum atomic E-state index is 13.0. The Morgan fingerprint density at radius 1 is 1.31 bits per heavy atom. The van der Waals surface area contributed by atoms with Crippen molar-refractivity contribution in [1.29, 1.82) is 0 Å². The molecule has 1 saturated heterocycles. The fraction of sp³-hybridized carbons (Fsp3) is 0.353. The van der Waals surface area contributed by atoms with Gasteiger partial charge in [-0.2, -0.15) is 0 Å². The van der Waals surface area contributed by atoms with Gasteiger partial charge in [0.15, 0.2) is 0 Å². The van der Waals surface area contributed by atoms with Crippen LogP contribution >= 0.6 is 11.3 Å². The standard InChI is InChI=1S/C17H17N3O5S/c1-10-9-26-15(18-10)14-4-2-3-5-19(14)16(21)11-6-12(17(22)23)8-13(7-11)20(24)25/h6-9,14H,2-5H2,1H3,(H,22,23). The van der Waals surface area contributed by atoms with Crippen molar-refractivity contribution in [1.82, 2.24) is 9.88 Å². The maximum absolute atomic E-state index is 13.0. The molecule has 2 heterocycles. The van der Waals surface area contributed by atoms with Crippen LogP contribution < -0.4 is 0 Å². The summed E-state index contributed by atoms with van der Waals surface area (Å²) in [6.45, 7) is 2.39. The van der Waals surface area contributed by atoms with Crippen molar-refractivity contribution < 1.29 is 19.6 Å². The summed E-state index contributed by atoms with van der Waals surface area (Å²) in [5.74, 6) is -1.72. The molecule has 1 aliphatic heterocycles. The minimum absolute atomic E-state index is 0.0109. The quantitative estimate of drug-likeness (QED) is 0.647. The summed E-state index contributed by atoms with van der Waals surface area (Å²) in [4.78, 5) is 40.8. The van der Waals surface area contributed by atoms with Crippen molar-refractivity contribution in [2.45, 2.75) is 32.2 Å². The summed E-state index contributed by atoms with van der Waals surface area (Å²) in [5.41, 5.74) is 0.205. The number of carboxylic acid groups (broad SMARTS) is 1. The number of rotatable bonds is 4. The van der Waals surface area contributed by atoms with E-state index in [2.05, 4.69) is 4.98 Å². The molecule has 0 bridgehead atoms. The number of thiazole rings is 1. The number of carbonyl (C=O) groups excluding carboxylic acids is 1. The van der Waals surface area contributed by atoms with Crippen molar-refractivity contribution in [3.8, 4) is 0 Å². The average molecular weight is 375 g/mol. The summed E-state index contributed by atoms with van der Waals surface area (Å²) in [7, 11) is 0. The summed E-state index contributed by atoms with van der Waals surface area (Å²) in [5, 5.41) is 23.0. The molecule has 0 saturated carbocycles. The second kappa shape index (κ2) is 7.20. The molecule has 2 aromatic rings. The Morgan fingerprint density at radius 3 is 2.65 bits per heavy atom. The molecule has 0 radical (unpaired) electrons. The minimum atomic E-state index is -1.31. The first-order valence-corrected chi connectivity index (χ1v) is 9.00. The highest BCUT2D eigenvalue weighted by Crippen LogP contribution is 2.34. The molecule has 26 heavy (non-hydrogen) atoms. The summed E-state index contributed by atoms with van der Waals surface area (Å²) >= 11 is 1.48. The third-order valence-electron chi connectivity index (χ3n) is 4.31. The van der Waals surface area contributed by atoms with Crippen LogP contribution in [0.4, 0.5) is 5.69 Å². The number of non-ortho nitro benzene ring substituents is 1. The number of nitrogens with zero attached hydrogens (tertiary/aromatic N) is 3. The highest BCUT2D eigenvalue weighted by Gasteiger charge is 2.31. The summed E-state index contributed by atoms with van der Waals surface area (Å²) in [6, 6.07) is 3.09. The predicted molar refractivity (Wildman–Crippen MR) is 94.5 cm³/mol. The Labute approximate surface area is 153 Å². The molecule has 1 fully saturated rings. The molecule has 1 N–H and O–H groups in total. The summed E-state index contributed by atoms with van der Waals surface area (Å²) < 4.78 is 0. The van der Waals surface area contributed by atoms with E-state index >= 15 is 0 Å². The number of hydrogen-bond acceptors (Lipinski definition) is 6. The number of aromatic nitrogens is 1. The van der Waals surface area contributed by atoms with E-state index in [4.69, 9.17) is 0 Å². The Balaban J connectivity index is 1.98. The molecule has 1 aromatic heterocycles. The normalized spacial score (nSPS) is 17.1. The molecule has 1 unspecified atom stereocenters. The Kier molecular flexibility index (Phi) is 4.99. The molecule has 1 atom stereocenters. The Bertz CT molecular complexity index is 847. The van der Waals surface area contributed by atoms with Gasteiger partial charge in [-0.15, -0.1) is 11.3 Å². The number of aryl methyl sites for hydroxylation is 1. The Morgan fingerprint density at radius 2 is 2.04 bits per heavy atom. The van der Waals surface area contributed by atoms with Crippen LogP contribution in [0.1, 0.15) is 56.7 Å². The second-order valence-electron chi connectivity index (χ2n) is 6.17. The van der Waals surface area contributed by atoms with Gasteiger partial charge in [0.05, 0.1) is 16.5 Å². The molecule has 1 amide bonds. The van der Waals surface area contributed by atoms with Crippen LogP contribution in [-0.2, 0) is 0 Å². The van der Waals surface area contributed by atoms with Crippen LogP contribution in [0.2, 0.25) is 0 Å². The topological polar surface area (TPSA) is 114 Å². The first kappa shape index (κ1) is 18.0. The van der Waals surface area contributed by atoms with E-state index < -0.39 is 22.5 Å². The number of nitro groups is 1. The number of hydrogen-bond donors (Lipinski definition) is 1. The number of nitro benzene ring substituents is 1. The molecular formula is C17H17N3O5S. The van der Waals surface area contributed by atoms with Crippen molar-refractivity contribution >= 4 is 28.9 Å². The number of piperidine rings is 1. The smallest absolute Gasteiger partial charge is 0.335 e. The van der Waals surface area contributed by atoms with Crippen molar-refractivity contribution in [3.05, 3.63) is 55.5 Å².